The molecule has 1 aromatic carbocycles. The SMILES string of the molecule is COc1ccc(/C=N\N2CC(=O)NC2=O)cc1OC(F)F. The summed E-state index contributed by atoms with van der Waals surface area (Å²) < 4.78 is 33.8. The van der Waals surface area contributed by atoms with Gasteiger partial charge in [-0.1, -0.05) is 0 Å². The van der Waals surface area contributed by atoms with Gasteiger partial charge in [0, 0.05) is 0 Å². The minimum absolute atomic E-state index is 0.140. The van der Waals surface area contributed by atoms with Crippen molar-refractivity contribution >= 4 is 18.2 Å². The van der Waals surface area contributed by atoms with E-state index in [4.69, 9.17) is 4.74 Å². The molecule has 21 heavy (non-hydrogen) atoms. The molecule has 0 spiro atoms. The average Bonchev–Trinajstić information content (AvgIpc) is 2.74. The number of ether oxygens (including phenoxy) is 2. The van der Waals surface area contributed by atoms with Crippen molar-refractivity contribution in [2.24, 2.45) is 5.10 Å². The van der Waals surface area contributed by atoms with Gasteiger partial charge in [0.05, 0.1) is 13.3 Å². The summed E-state index contributed by atoms with van der Waals surface area (Å²) >= 11 is 0. The first-order valence-electron chi connectivity index (χ1n) is 5.78. The zero-order chi connectivity index (χ0) is 15.4. The van der Waals surface area contributed by atoms with Crippen LogP contribution in [-0.2, 0) is 4.79 Å². The molecule has 0 unspecified atom stereocenters. The maximum absolute atomic E-state index is 12.3. The van der Waals surface area contributed by atoms with Gasteiger partial charge in [0.25, 0.3) is 0 Å². The Hall–Kier alpha value is -2.71. The molecule has 0 radical (unpaired) electrons. The van der Waals surface area contributed by atoms with Gasteiger partial charge in [-0.05, 0) is 23.8 Å². The molecule has 1 aliphatic heterocycles. The van der Waals surface area contributed by atoms with Crippen molar-refractivity contribution in [1.82, 2.24) is 10.3 Å². The minimum atomic E-state index is -2.99. The Bertz CT molecular complexity index is 592. The zero-order valence-electron chi connectivity index (χ0n) is 10.9. The molecule has 3 amide bonds. The van der Waals surface area contributed by atoms with Crippen LogP contribution in [0.3, 0.4) is 0 Å². The number of rotatable bonds is 5. The summed E-state index contributed by atoms with van der Waals surface area (Å²) in [4.78, 5) is 22.2. The molecular formula is C12H11F2N3O4. The van der Waals surface area contributed by atoms with Crippen LogP contribution >= 0.6 is 0 Å². The summed E-state index contributed by atoms with van der Waals surface area (Å²) in [5, 5.41) is 6.76. The predicted octanol–water partition coefficient (Wildman–Crippen LogP) is 1.18. The van der Waals surface area contributed by atoms with Crippen LogP contribution in [0.25, 0.3) is 0 Å². The number of hydrogen-bond donors (Lipinski definition) is 1. The predicted molar refractivity (Wildman–Crippen MR) is 67.5 cm³/mol. The normalized spacial score (nSPS) is 15.0. The van der Waals surface area contributed by atoms with Crippen molar-refractivity contribution in [3.05, 3.63) is 23.8 Å². The molecule has 1 aromatic rings. The van der Waals surface area contributed by atoms with Gasteiger partial charge in [0.1, 0.15) is 6.54 Å². The monoisotopic (exact) mass is 299 g/mol. The molecule has 0 atom stereocenters. The fourth-order valence-corrected chi connectivity index (χ4v) is 1.62. The summed E-state index contributed by atoms with van der Waals surface area (Å²) in [6, 6.07) is 3.60. The summed E-state index contributed by atoms with van der Waals surface area (Å²) in [6.45, 7) is -3.18. The highest BCUT2D eigenvalue weighted by molar-refractivity contribution is 6.02. The summed E-state index contributed by atoms with van der Waals surface area (Å²) in [5.74, 6) is -0.478. The molecule has 2 rings (SSSR count). The van der Waals surface area contributed by atoms with Crippen molar-refractivity contribution < 1.29 is 27.8 Å². The van der Waals surface area contributed by atoms with Crippen molar-refractivity contribution in [2.75, 3.05) is 13.7 Å². The van der Waals surface area contributed by atoms with Crippen molar-refractivity contribution in [3.8, 4) is 11.5 Å². The van der Waals surface area contributed by atoms with E-state index >= 15 is 0 Å². The smallest absolute Gasteiger partial charge is 0.387 e. The van der Waals surface area contributed by atoms with Crippen molar-refractivity contribution in [2.45, 2.75) is 6.61 Å². The highest BCUT2D eigenvalue weighted by Gasteiger charge is 2.25. The molecule has 0 aromatic heterocycles. The molecule has 1 fully saturated rings. The molecule has 112 valence electrons. The van der Waals surface area contributed by atoms with E-state index in [1.807, 2.05) is 5.32 Å². The number of methoxy groups -OCH3 is 1. The Labute approximate surface area is 118 Å². The van der Waals surface area contributed by atoms with E-state index in [2.05, 4.69) is 9.84 Å². The third-order valence-corrected chi connectivity index (χ3v) is 2.52. The molecule has 1 N–H and O–H groups in total. The van der Waals surface area contributed by atoms with E-state index < -0.39 is 18.5 Å². The first kappa shape index (κ1) is 14.7. The van der Waals surface area contributed by atoms with Gasteiger partial charge in [-0.25, -0.2) is 9.80 Å². The van der Waals surface area contributed by atoms with Crippen LogP contribution in [0.1, 0.15) is 5.56 Å². The molecule has 7 nitrogen and oxygen atoms in total. The Morgan fingerprint density at radius 2 is 2.14 bits per heavy atom. The Kier molecular flexibility index (Phi) is 4.31. The van der Waals surface area contributed by atoms with E-state index in [-0.39, 0.29) is 18.0 Å². The highest BCUT2D eigenvalue weighted by atomic mass is 19.3. The highest BCUT2D eigenvalue weighted by Crippen LogP contribution is 2.29. The van der Waals surface area contributed by atoms with Crippen molar-refractivity contribution in [3.63, 3.8) is 0 Å². The molecule has 0 bridgehead atoms. The number of nitrogens with one attached hydrogen (secondary N) is 1. The molecular weight excluding hydrogens is 288 g/mol. The first-order valence-corrected chi connectivity index (χ1v) is 5.78. The van der Waals surface area contributed by atoms with Gasteiger partial charge in [-0.3, -0.25) is 10.1 Å². The standard InChI is InChI=1S/C12H11F2N3O4/c1-20-8-3-2-7(4-9(8)21-11(13)14)5-15-17-6-10(18)16-12(17)19/h2-5,11H,6H2,1H3,(H,16,18,19)/b15-5-. The Balaban J connectivity index is 2.16. The Morgan fingerprint density at radius 1 is 1.38 bits per heavy atom. The largest absolute Gasteiger partial charge is 0.493 e. The summed E-state index contributed by atoms with van der Waals surface area (Å²) in [6.07, 6.45) is 1.25. The number of hydrogen-bond acceptors (Lipinski definition) is 5. The van der Waals surface area contributed by atoms with E-state index in [1.54, 1.807) is 0 Å². The summed E-state index contributed by atoms with van der Waals surface area (Å²) in [7, 11) is 1.32. The fraction of sp³-hybridized carbons (Fsp3) is 0.250. The molecule has 0 aliphatic carbocycles. The third kappa shape index (κ3) is 3.65. The van der Waals surface area contributed by atoms with Crippen LogP contribution in [0.5, 0.6) is 11.5 Å². The third-order valence-electron chi connectivity index (χ3n) is 2.52. The minimum Gasteiger partial charge on any atom is -0.493 e. The number of benzene rings is 1. The average molecular weight is 299 g/mol. The number of imide groups is 1. The van der Waals surface area contributed by atoms with Crippen LogP contribution in [0, 0.1) is 0 Å². The zero-order valence-corrected chi connectivity index (χ0v) is 10.9. The second kappa shape index (κ2) is 6.16. The van der Waals surface area contributed by atoms with Gasteiger partial charge in [0.15, 0.2) is 11.5 Å². The number of nitrogens with zero attached hydrogens (tertiary/aromatic N) is 2. The number of amides is 3. The maximum Gasteiger partial charge on any atom is 0.387 e. The molecule has 0 saturated carbocycles. The number of hydrazone groups is 1. The molecule has 1 aliphatic rings. The van der Waals surface area contributed by atoms with Gasteiger partial charge < -0.3 is 9.47 Å². The van der Waals surface area contributed by atoms with E-state index in [0.29, 0.717) is 5.56 Å². The summed E-state index contributed by atoms with van der Waals surface area (Å²) in [5.41, 5.74) is 0.401. The van der Waals surface area contributed by atoms with Crippen LogP contribution in [0.15, 0.2) is 23.3 Å². The van der Waals surface area contributed by atoms with Crippen molar-refractivity contribution in [1.29, 1.82) is 0 Å². The fourth-order valence-electron chi connectivity index (χ4n) is 1.62. The van der Waals surface area contributed by atoms with Crippen LogP contribution in [-0.4, -0.2) is 43.4 Å². The first-order chi connectivity index (χ1) is 9.99. The van der Waals surface area contributed by atoms with Gasteiger partial charge in [0.2, 0.25) is 5.91 Å². The molecule has 9 heteroatoms. The topological polar surface area (TPSA) is 80.2 Å². The van der Waals surface area contributed by atoms with Crippen LogP contribution < -0.4 is 14.8 Å². The second-order valence-corrected chi connectivity index (χ2v) is 3.94. The van der Waals surface area contributed by atoms with Crippen LogP contribution in [0.4, 0.5) is 13.6 Å². The number of carbonyl (C=O) groups is 2. The number of halogens is 2. The van der Waals surface area contributed by atoms with E-state index in [9.17, 15) is 18.4 Å². The quantitative estimate of drug-likeness (QED) is 0.654. The lowest BCUT2D eigenvalue weighted by molar-refractivity contribution is -0.118. The number of alkyl halides is 2. The molecule has 1 heterocycles. The number of urea groups is 1. The maximum atomic E-state index is 12.3. The second-order valence-electron chi connectivity index (χ2n) is 3.94. The van der Waals surface area contributed by atoms with E-state index in [1.165, 1.54) is 31.5 Å². The lowest BCUT2D eigenvalue weighted by atomic mass is 10.2. The lowest BCUT2D eigenvalue weighted by Gasteiger charge is -2.10. The van der Waals surface area contributed by atoms with E-state index in [0.717, 1.165) is 5.01 Å². The van der Waals surface area contributed by atoms with Gasteiger partial charge >= 0.3 is 12.6 Å². The Morgan fingerprint density at radius 3 is 2.71 bits per heavy atom. The molecule has 1 saturated heterocycles. The number of carbonyl (C=O) groups excluding carboxylic acids is 2. The van der Waals surface area contributed by atoms with Gasteiger partial charge in [-0.2, -0.15) is 13.9 Å². The van der Waals surface area contributed by atoms with Crippen LogP contribution in [0.2, 0.25) is 0 Å². The van der Waals surface area contributed by atoms with Gasteiger partial charge in [-0.15, -0.1) is 0 Å². The lowest BCUT2D eigenvalue weighted by Crippen LogP contribution is -2.24.